The zero-order valence-corrected chi connectivity index (χ0v) is 8.43. The summed E-state index contributed by atoms with van der Waals surface area (Å²) in [6.07, 6.45) is 4.52. The largest absolute Gasteiger partial charge is 0.450 e. The average molecular weight is 204 g/mol. The molecule has 0 aromatic rings. The molecule has 1 unspecified atom stereocenters. The minimum Gasteiger partial charge on any atom is -0.450 e. The number of amides is 1. The van der Waals surface area contributed by atoms with Gasteiger partial charge in [0.05, 0.1) is 12.6 Å². The van der Waals surface area contributed by atoms with Gasteiger partial charge in [0.2, 0.25) is 0 Å². The normalized spacial score (nSPS) is 22.0. The number of rotatable bonds is 2. The fourth-order valence-corrected chi connectivity index (χ4v) is 1.57. The summed E-state index contributed by atoms with van der Waals surface area (Å²) in [5, 5.41) is 3.43. The average Bonchev–Trinajstić information content (AvgIpc) is 2.09. The van der Waals surface area contributed by atoms with Crippen LogP contribution in [0, 0.1) is 0 Å². The standard InChI is InChI=1S/C9H14ClNO2/c1-2-13-9(12)11-8-6-4-3-5-7(8)10/h5,8H,2-4,6H2,1H3,(H,11,12). The van der Waals surface area contributed by atoms with Gasteiger partial charge in [-0.25, -0.2) is 4.79 Å². The topological polar surface area (TPSA) is 38.3 Å². The first kappa shape index (κ1) is 10.4. The van der Waals surface area contributed by atoms with E-state index in [-0.39, 0.29) is 12.1 Å². The van der Waals surface area contributed by atoms with Gasteiger partial charge < -0.3 is 10.1 Å². The number of nitrogens with one attached hydrogen (secondary N) is 1. The van der Waals surface area contributed by atoms with Crippen LogP contribution in [-0.2, 0) is 4.74 Å². The molecule has 0 fully saturated rings. The molecule has 1 atom stereocenters. The Hall–Kier alpha value is -0.700. The maximum atomic E-state index is 11.0. The maximum absolute atomic E-state index is 11.0. The van der Waals surface area contributed by atoms with Crippen molar-refractivity contribution in [3.63, 3.8) is 0 Å². The summed E-state index contributed by atoms with van der Waals surface area (Å²) < 4.78 is 4.76. The minimum absolute atomic E-state index is 0.0468. The second kappa shape index (κ2) is 5.12. The SMILES string of the molecule is CCOC(=O)NC1CCCC=C1Cl. The Kier molecular flexibility index (Phi) is 4.09. The molecular weight excluding hydrogens is 190 g/mol. The maximum Gasteiger partial charge on any atom is 0.407 e. The van der Waals surface area contributed by atoms with E-state index in [0.717, 1.165) is 24.3 Å². The summed E-state index contributed by atoms with van der Waals surface area (Å²) in [7, 11) is 0. The predicted octanol–water partition coefficient (Wildman–Crippen LogP) is 2.41. The van der Waals surface area contributed by atoms with E-state index >= 15 is 0 Å². The summed E-state index contributed by atoms with van der Waals surface area (Å²) in [5.74, 6) is 0. The van der Waals surface area contributed by atoms with Crippen LogP contribution in [0.3, 0.4) is 0 Å². The summed E-state index contributed by atoms with van der Waals surface area (Å²) in [4.78, 5) is 11.0. The lowest BCUT2D eigenvalue weighted by Gasteiger charge is -2.20. The van der Waals surface area contributed by atoms with Gasteiger partial charge in [0.15, 0.2) is 0 Å². The van der Waals surface area contributed by atoms with Crippen LogP contribution in [-0.4, -0.2) is 18.7 Å². The molecular formula is C9H14ClNO2. The Labute approximate surface area is 83.1 Å². The van der Waals surface area contributed by atoms with Crippen molar-refractivity contribution in [3.05, 3.63) is 11.1 Å². The second-order valence-corrected chi connectivity index (χ2v) is 3.37. The van der Waals surface area contributed by atoms with Crippen molar-refractivity contribution in [2.75, 3.05) is 6.61 Å². The molecule has 13 heavy (non-hydrogen) atoms. The van der Waals surface area contributed by atoms with E-state index < -0.39 is 0 Å². The third-order valence-corrected chi connectivity index (χ3v) is 2.35. The van der Waals surface area contributed by atoms with Crippen LogP contribution in [0.15, 0.2) is 11.1 Å². The van der Waals surface area contributed by atoms with Gasteiger partial charge in [-0.1, -0.05) is 17.7 Å². The van der Waals surface area contributed by atoms with Gasteiger partial charge in [-0.2, -0.15) is 0 Å². The Balaban J connectivity index is 2.39. The van der Waals surface area contributed by atoms with Crippen molar-refractivity contribution in [1.82, 2.24) is 5.32 Å². The molecule has 74 valence electrons. The Morgan fingerprint density at radius 2 is 2.62 bits per heavy atom. The lowest BCUT2D eigenvalue weighted by atomic mass is 10.0. The molecule has 0 aromatic carbocycles. The van der Waals surface area contributed by atoms with E-state index in [1.165, 1.54) is 0 Å². The number of alkyl carbamates (subject to hydrolysis) is 1. The van der Waals surface area contributed by atoms with Crippen LogP contribution in [0.4, 0.5) is 4.79 Å². The molecule has 4 heteroatoms. The molecule has 0 aromatic heterocycles. The third-order valence-electron chi connectivity index (χ3n) is 1.94. The summed E-state index contributed by atoms with van der Waals surface area (Å²) in [6, 6.07) is -0.0468. The van der Waals surface area contributed by atoms with Crippen molar-refractivity contribution in [2.24, 2.45) is 0 Å². The first-order chi connectivity index (χ1) is 6.24. The van der Waals surface area contributed by atoms with Crippen molar-refractivity contribution < 1.29 is 9.53 Å². The Bertz CT molecular complexity index is 216. The molecule has 1 aliphatic rings. The number of halogens is 1. The lowest BCUT2D eigenvalue weighted by molar-refractivity contribution is 0.149. The molecule has 0 bridgehead atoms. The molecule has 0 saturated carbocycles. The molecule has 0 spiro atoms. The van der Waals surface area contributed by atoms with Crippen molar-refractivity contribution in [3.8, 4) is 0 Å². The van der Waals surface area contributed by atoms with Gasteiger partial charge in [-0.05, 0) is 26.2 Å². The molecule has 3 nitrogen and oxygen atoms in total. The quantitative estimate of drug-likeness (QED) is 0.749. The predicted molar refractivity (Wildman–Crippen MR) is 51.7 cm³/mol. The first-order valence-corrected chi connectivity index (χ1v) is 4.90. The highest BCUT2D eigenvalue weighted by Gasteiger charge is 2.18. The fraction of sp³-hybridized carbons (Fsp3) is 0.667. The Morgan fingerprint density at radius 1 is 1.85 bits per heavy atom. The van der Waals surface area contributed by atoms with Gasteiger partial charge >= 0.3 is 6.09 Å². The van der Waals surface area contributed by atoms with Gasteiger partial charge in [0, 0.05) is 5.03 Å². The van der Waals surface area contributed by atoms with E-state index in [1.807, 2.05) is 6.08 Å². The van der Waals surface area contributed by atoms with Crippen LogP contribution in [0.1, 0.15) is 26.2 Å². The molecule has 1 amide bonds. The molecule has 0 radical (unpaired) electrons. The number of carbonyl (C=O) groups is 1. The van der Waals surface area contributed by atoms with Crippen molar-refractivity contribution >= 4 is 17.7 Å². The van der Waals surface area contributed by atoms with E-state index in [0.29, 0.717) is 6.61 Å². The zero-order chi connectivity index (χ0) is 9.68. The molecule has 1 aliphatic carbocycles. The minimum atomic E-state index is -0.388. The molecule has 1 N–H and O–H groups in total. The zero-order valence-electron chi connectivity index (χ0n) is 7.68. The monoisotopic (exact) mass is 203 g/mol. The first-order valence-electron chi connectivity index (χ1n) is 4.53. The van der Waals surface area contributed by atoms with E-state index in [2.05, 4.69) is 5.32 Å². The van der Waals surface area contributed by atoms with Crippen LogP contribution in [0.25, 0.3) is 0 Å². The van der Waals surface area contributed by atoms with Crippen molar-refractivity contribution in [2.45, 2.75) is 32.2 Å². The third kappa shape index (κ3) is 3.27. The second-order valence-electron chi connectivity index (χ2n) is 2.94. The Morgan fingerprint density at radius 3 is 3.23 bits per heavy atom. The van der Waals surface area contributed by atoms with Crippen LogP contribution >= 0.6 is 11.6 Å². The summed E-state index contributed by atoms with van der Waals surface area (Å²) >= 11 is 5.92. The van der Waals surface area contributed by atoms with Crippen LogP contribution in [0.5, 0.6) is 0 Å². The molecule has 0 saturated heterocycles. The fourth-order valence-electron chi connectivity index (χ4n) is 1.30. The van der Waals surface area contributed by atoms with Gasteiger partial charge in [0.25, 0.3) is 0 Å². The molecule has 0 heterocycles. The highest BCUT2D eigenvalue weighted by Crippen LogP contribution is 2.21. The number of ether oxygens (including phenoxy) is 1. The number of allylic oxidation sites excluding steroid dienone is 1. The van der Waals surface area contributed by atoms with Gasteiger partial charge in [-0.15, -0.1) is 0 Å². The molecule has 1 rings (SSSR count). The number of hydrogen-bond donors (Lipinski definition) is 1. The summed E-state index contributed by atoms with van der Waals surface area (Å²) in [5.41, 5.74) is 0. The van der Waals surface area contributed by atoms with Crippen molar-refractivity contribution in [1.29, 1.82) is 0 Å². The number of hydrogen-bond acceptors (Lipinski definition) is 2. The highest BCUT2D eigenvalue weighted by molar-refractivity contribution is 6.30. The van der Waals surface area contributed by atoms with E-state index in [4.69, 9.17) is 16.3 Å². The van der Waals surface area contributed by atoms with E-state index in [1.54, 1.807) is 6.92 Å². The van der Waals surface area contributed by atoms with E-state index in [9.17, 15) is 4.79 Å². The van der Waals surface area contributed by atoms with Crippen LogP contribution in [0.2, 0.25) is 0 Å². The van der Waals surface area contributed by atoms with Gasteiger partial charge in [0.1, 0.15) is 0 Å². The highest BCUT2D eigenvalue weighted by atomic mass is 35.5. The summed E-state index contributed by atoms with van der Waals surface area (Å²) in [6.45, 7) is 2.16. The van der Waals surface area contributed by atoms with Gasteiger partial charge in [-0.3, -0.25) is 0 Å². The smallest absolute Gasteiger partial charge is 0.407 e. The van der Waals surface area contributed by atoms with Crippen LogP contribution < -0.4 is 5.32 Å². The molecule has 0 aliphatic heterocycles. The number of carbonyl (C=O) groups excluding carboxylic acids is 1. The lowest BCUT2D eigenvalue weighted by Crippen LogP contribution is -2.36.